The van der Waals surface area contributed by atoms with Crippen molar-refractivity contribution in [3.63, 3.8) is 0 Å². The molecule has 1 N–H and O–H groups in total. The van der Waals surface area contributed by atoms with Gasteiger partial charge in [0.15, 0.2) is 5.58 Å². The standard InChI is InChI=1S/C16H19NO3/c1-11-5-6-14-15(9-11)20-16(19)17(14)8-7-12-3-2-4-13(18)10-12/h2,4-6,9,12-13,18H,3,7-8,10H2,1H3. The van der Waals surface area contributed by atoms with Gasteiger partial charge in [-0.2, -0.15) is 0 Å². The van der Waals surface area contributed by atoms with Crippen molar-refractivity contribution in [1.29, 1.82) is 0 Å². The van der Waals surface area contributed by atoms with Crippen molar-refractivity contribution in [3.05, 3.63) is 46.5 Å². The molecule has 0 radical (unpaired) electrons. The molecule has 2 aromatic rings. The maximum Gasteiger partial charge on any atom is 0.419 e. The van der Waals surface area contributed by atoms with Gasteiger partial charge in [0.2, 0.25) is 0 Å². The first kappa shape index (κ1) is 13.2. The van der Waals surface area contributed by atoms with Crippen molar-refractivity contribution in [2.24, 2.45) is 5.92 Å². The summed E-state index contributed by atoms with van der Waals surface area (Å²) in [4.78, 5) is 11.9. The van der Waals surface area contributed by atoms with Gasteiger partial charge in [0.05, 0.1) is 11.6 Å². The number of benzene rings is 1. The zero-order valence-corrected chi connectivity index (χ0v) is 11.6. The summed E-state index contributed by atoms with van der Waals surface area (Å²) in [7, 11) is 0. The number of nitrogens with zero attached hydrogens (tertiary/aromatic N) is 1. The predicted octanol–water partition coefficient (Wildman–Crippen LogP) is 2.62. The van der Waals surface area contributed by atoms with Crippen molar-refractivity contribution in [3.8, 4) is 0 Å². The molecular weight excluding hydrogens is 254 g/mol. The Kier molecular flexibility index (Phi) is 3.49. The number of oxazole rings is 1. The van der Waals surface area contributed by atoms with Crippen LogP contribution in [0.2, 0.25) is 0 Å². The lowest BCUT2D eigenvalue weighted by Crippen LogP contribution is -2.20. The average molecular weight is 273 g/mol. The fourth-order valence-electron chi connectivity index (χ4n) is 2.88. The molecule has 0 spiro atoms. The molecule has 0 bridgehead atoms. The van der Waals surface area contributed by atoms with Crippen LogP contribution in [0.3, 0.4) is 0 Å². The quantitative estimate of drug-likeness (QED) is 0.875. The van der Waals surface area contributed by atoms with Crippen LogP contribution in [0, 0.1) is 12.8 Å². The third-order valence-electron chi connectivity index (χ3n) is 3.99. The van der Waals surface area contributed by atoms with Crippen molar-refractivity contribution < 1.29 is 9.52 Å². The summed E-state index contributed by atoms with van der Waals surface area (Å²) in [5, 5.41) is 9.62. The summed E-state index contributed by atoms with van der Waals surface area (Å²) in [5.41, 5.74) is 2.59. The Balaban J connectivity index is 1.79. The summed E-state index contributed by atoms with van der Waals surface area (Å²) < 4.78 is 6.98. The van der Waals surface area contributed by atoms with Gasteiger partial charge < -0.3 is 9.52 Å². The third kappa shape index (κ3) is 2.56. The second-order valence-electron chi connectivity index (χ2n) is 5.61. The van der Waals surface area contributed by atoms with Crippen molar-refractivity contribution in [2.45, 2.75) is 38.8 Å². The van der Waals surface area contributed by atoms with Crippen molar-refractivity contribution in [1.82, 2.24) is 4.57 Å². The second kappa shape index (κ2) is 5.29. The summed E-state index contributed by atoms with van der Waals surface area (Å²) in [6, 6.07) is 5.81. The number of fused-ring (bicyclic) bond motifs is 1. The molecule has 1 heterocycles. The van der Waals surface area contributed by atoms with E-state index in [2.05, 4.69) is 0 Å². The maximum absolute atomic E-state index is 11.9. The Morgan fingerprint density at radius 1 is 1.45 bits per heavy atom. The minimum absolute atomic E-state index is 0.294. The monoisotopic (exact) mass is 273 g/mol. The van der Waals surface area contributed by atoms with Crippen LogP contribution < -0.4 is 5.76 Å². The zero-order valence-electron chi connectivity index (χ0n) is 11.6. The van der Waals surface area contributed by atoms with Crippen LogP contribution in [0.5, 0.6) is 0 Å². The molecule has 2 unspecified atom stereocenters. The molecular formula is C16H19NO3. The van der Waals surface area contributed by atoms with Crippen LogP contribution in [0.15, 0.2) is 39.6 Å². The van der Waals surface area contributed by atoms with Gasteiger partial charge in [-0.1, -0.05) is 18.2 Å². The summed E-state index contributed by atoms with van der Waals surface area (Å²) in [5.74, 6) is 0.134. The molecule has 4 heteroatoms. The minimum Gasteiger partial charge on any atom is -0.408 e. The van der Waals surface area contributed by atoms with E-state index >= 15 is 0 Å². The van der Waals surface area contributed by atoms with Gasteiger partial charge in [-0.3, -0.25) is 4.57 Å². The van der Waals surface area contributed by atoms with Gasteiger partial charge in [0, 0.05) is 6.54 Å². The number of allylic oxidation sites excluding steroid dienone is 1. The van der Waals surface area contributed by atoms with E-state index < -0.39 is 0 Å². The van der Waals surface area contributed by atoms with Crippen LogP contribution in [-0.2, 0) is 6.54 Å². The first-order valence-corrected chi connectivity index (χ1v) is 7.08. The van der Waals surface area contributed by atoms with Crippen LogP contribution in [0.1, 0.15) is 24.8 Å². The zero-order chi connectivity index (χ0) is 14.1. The molecule has 106 valence electrons. The molecule has 20 heavy (non-hydrogen) atoms. The van der Waals surface area contributed by atoms with E-state index in [0.29, 0.717) is 18.0 Å². The molecule has 1 aliphatic rings. The Bertz CT molecular complexity index is 695. The highest BCUT2D eigenvalue weighted by Gasteiger charge is 2.17. The SMILES string of the molecule is Cc1ccc2c(c1)oc(=O)n2CCC1CC=CC(O)C1. The van der Waals surface area contributed by atoms with E-state index in [9.17, 15) is 9.90 Å². The van der Waals surface area contributed by atoms with E-state index in [-0.39, 0.29) is 11.9 Å². The molecule has 0 saturated carbocycles. The Morgan fingerprint density at radius 2 is 2.30 bits per heavy atom. The Labute approximate surface area is 117 Å². The fourth-order valence-corrected chi connectivity index (χ4v) is 2.88. The fraction of sp³-hybridized carbons (Fsp3) is 0.438. The van der Waals surface area contributed by atoms with E-state index in [1.807, 2.05) is 37.3 Å². The van der Waals surface area contributed by atoms with E-state index in [0.717, 1.165) is 30.3 Å². The molecule has 0 saturated heterocycles. The van der Waals surface area contributed by atoms with Gasteiger partial charge >= 0.3 is 5.76 Å². The lowest BCUT2D eigenvalue weighted by Gasteiger charge is -2.21. The topological polar surface area (TPSA) is 55.4 Å². The molecule has 2 atom stereocenters. The van der Waals surface area contributed by atoms with E-state index in [1.54, 1.807) is 4.57 Å². The number of hydrogen-bond acceptors (Lipinski definition) is 3. The van der Waals surface area contributed by atoms with Gasteiger partial charge in [0.1, 0.15) is 0 Å². The van der Waals surface area contributed by atoms with Gasteiger partial charge in [0.25, 0.3) is 0 Å². The molecule has 1 aromatic carbocycles. The maximum atomic E-state index is 11.9. The molecule has 3 rings (SSSR count). The van der Waals surface area contributed by atoms with E-state index in [1.165, 1.54) is 0 Å². The summed E-state index contributed by atoms with van der Waals surface area (Å²) in [6.07, 6.45) is 6.16. The van der Waals surface area contributed by atoms with Gasteiger partial charge in [-0.05, 0) is 49.8 Å². The van der Waals surface area contributed by atoms with Crippen molar-refractivity contribution in [2.75, 3.05) is 0 Å². The lowest BCUT2D eigenvalue weighted by atomic mass is 9.90. The first-order valence-electron chi connectivity index (χ1n) is 7.08. The summed E-state index contributed by atoms with van der Waals surface area (Å²) >= 11 is 0. The molecule has 0 fully saturated rings. The normalized spacial score (nSPS) is 22.5. The van der Waals surface area contributed by atoms with Crippen molar-refractivity contribution >= 4 is 11.1 Å². The molecule has 1 aliphatic carbocycles. The second-order valence-corrected chi connectivity index (χ2v) is 5.61. The van der Waals surface area contributed by atoms with E-state index in [4.69, 9.17) is 4.42 Å². The molecule has 1 aromatic heterocycles. The number of rotatable bonds is 3. The number of aryl methyl sites for hydroxylation is 2. The van der Waals surface area contributed by atoms with Gasteiger partial charge in [-0.25, -0.2) is 4.79 Å². The van der Waals surface area contributed by atoms with Gasteiger partial charge in [-0.15, -0.1) is 0 Å². The Morgan fingerprint density at radius 3 is 3.10 bits per heavy atom. The van der Waals surface area contributed by atoms with Crippen LogP contribution >= 0.6 is 0 Å². The first-order chi connectivity index (χ1) is 9.63. The largest absolute Gasteiger partial charge is 0.419 e. The number of aromatic nitrogens is 1. The highest BCUT2D eigenvalue weighted by Crippen LogP contribution is 2.23. The van der Waals surface area contributed by atoms with Crippen LogP contribution in [0.25, 0.3) is 11.1 Å². The summed E-state index contributed by atoms with van der Waals surface area (Å²) in [6.45, 7) is 2.62. The third-order valence-corrected chi connectivity index (χ3v) is 3.99. The highest BCUT2D eigenvalue weighted by atomic mass is 16.4. The lowest BCUT2D eigenvalue weighted by molar-refractivity contribution is 0.173. The van der Waals surface area contributed by atoms with Crippen LogP contribution in [-0.4, -0.2) is 15.8 Å². The Hall–Kier alpha value is -1.81. The highest BCUT2D eigenvalue weighted by molar-refractivity contribution is 5.73. The number of aliphatic hydroxyl groups excluding tert-OH is 1. The molecule has 4 nitrogen and oxygen atoms in total. The molecule has 0 aliphatic heterocycles. The molecule has 0 amide bonds. The number of hydrogen-bond donors (Lipinski definition) is 1. The smallest absolute Gasteiger partial charge is 0.408 e. The number of aliphatic hydroxyl groups is 1. The minimum atomic E-state index is -0.339. The van der Waals surface area contributed by atoms with Crippen LogP contribution in [0.4, 0.5) is 0 Å². The average Bonchev–Trinajstić information content (AvgIpc) is 2.71. The predicted molar refractivity (Wildman–Crippen MR) is 77.7 cm³/mol.